The van der Waals surface area contributed by atoms with Crippen LogP contribution in [0.2, 0.25) is 0 Å². The summed E-state index contributed by atoms with van der Waals surface area (Å²) in [6.45, 7) is 8.04. The highest BCUT2D eigenvalue weighted by Crippen LogP contribution is 1.96. The Morgan fingerprint density at radius 1 is 1.64 bits per heavy atom. The molecule has 11 heavy (non-hydrogen) atoms. The smallest absolute Gasteiger partial charge is 0.306 e. The van der Waals surface area contributed by atoms with Crippen LogP contribution in [-0.4, -0.2) is 25.3 Å². The van der Waals surface area contributed by atoms with Crippen LogP contribution >= 0.6 is 0 Å². The van der Waals surface area contributed by atoms with Crippen LogP contribution in [-0.2, 0) is 14.3 Å². The van der Waals surface area contributed by atoms with E-state index in [1.807, 2.05) is 13.8 Å². The number of esters is 1. The van der Waals surface area contributed by atoms with E-state index in [0.717, 1.165) is 6.42 Å². The molecule has 0 aromatic rings. The second-order valence-electron chi connectivity index (χ2n) is 2.28. The molecule has 0 saturated carbocycles. The molecule has 1 unspecified atom stereocenters. The van der Waals surface area contributed by atoms with E-state index in [0.29, 0.717) is 13.2 Å². The third kappa shape index (κ3) is 7.33. The number of carbonyl (C=O) groups excluding carboxylic acids is 1. The first-order chi connectivity index (χ1) is 5.16. The fourth-order valence-electron chi connectivity index (χ4n) is 0.707. The van der Waals surface area contributed by atoms with Gasteiger partial charge >= 0.3 is 5.97 Å². The zero-order valence-electron chi connectivity index (χ0n) is 7.13. The normalized spacial score (nSPS) is 12.6. The van der Waals surface area contributed by atoms with Crippen molar-refractivity contribution in [2.75, 3.05) is 13.2 Å². The average Bonchev–Trinajstić information content (AvgIpc) is 1.87. The predicted octanol–water partition coefficient (Wildman–Crippen LogP) is 1.18. The summed E-state index contributed by atoms with van der Waals surface area (Å²) < 4.78 is 9.84. The second kappa shape index (κ2) is 6.16. The van der Waals surface area contributed by atoms with Crippen LogP contribution in [0.5, 0.6) is 0 Å². The van der Waals surface area contributed by atoms with Crippen molar-refractivity contribution < 1.29 is 14.3 Å². The van der Waals surface area contributed by atoms with Crippen molar-refractivity contribution >= 4 is 5.97 Å². The van der Waals surface area contributed by atoms with Gasteiger partial charge in [0.1, 0.15) is 0 Å². The summed E-state index contributed by atoms with van der Waals surface area (Å²) in [5, 5.41) is 0. The summed E-state index contributed by atoms with van der Waals surface area (Å²) in [7, 11) is 0. The molecule has 0 bridgehead atoms. The van der Waals surface area contributed by atoms with Gasteiger partial charge in [0.15, 0.2) is 0 Å². The van der Waals surface area contributed by atoms with Crippen molar-refractivity contribution in [1.29, 1.82) is 0 Å². The molecule has 0 fully saturated rings. The molecule has 1 radical (unpaired) electrons. The van der Waals surface area contributed by atoms with Crippen LogP contribution in [0, 0.1) is 6.92 Å². The summed E-state index contributed by atoms with van der Waals surface area (Å²) in [6, 6.07) is 0. The lowest BCUT2D eigenvalue weighted by atomic mass is 10.3. The van der Waals surface area contributed by atoms with Gasteiger partial charge in [-0.3, -0.25) is 4.79 Å². The Morgan fingerprint density at radius 3 is 2.73 bits per heavy atom. The molecule has 3 heteroatoms. The van der Waals surface area contributed by atoms with Crippen LogP contribution in [0.15, 0.2) is 0 Å². The lowest BCUT2D eigenvalue weighted by Gasteiger charge is -2.10. The third-order valence-corrected chi connectivity index (χ3v) is 1.24. The van der Waals surface area contributed by atoms with Crippen molar-refractivity contribution in [1.82, 2.24) is 0 Å². The van der Waals surface area contributed by atoms with Gasteiger partial charge in [-0.1, -0.05) is 0 Å². The Bertz CT molecular complexity index is 112. The predicted molar refractivity (Wildman–Crippen MR) is 42.0 cm³/mol. The van der Waals surface area contributed by atoms with E-state index >= 15 is 0 Å². The molecule has 0 amide bonds. The van der Waals surface area contributed by atoms with Crippen LogP contribution in [0.25, 0.3) is 0 Å². The quantitative estimate of drug-likeness (QED) is 0.565. The molecule has 0 aliphatic heterocycles. The molecule has 0 saturated heterocycles. The van der Waals surface area contributed by atoms with Gasteiger partial charge in [-0.05, 0) is 13.8 Å². The van der Waals surface area contributed by atoms with Gasteiger partial charge in [-0.15, -0.1) is 0 Å². The molecular formula is C8H15O3. The van der Waals surface area contributed by atoms with Gasteiger partial charge < -0.3 is 9.47 Å². The maximum absolute atomic E-state index is 10.2. The Labute approximate surface area is 67.7 Å². The van der Waals surface area contributed by atoms with Crippen LogP contribution in [0.3, 0.4) is 0 Å². The second-order valence-corrected chi connectivity index (χ2v) is 2.28. The molecule has 0 aliphatic carbocycles. The van der Waals surface area contributed by atoms with E-state index in [4.69, 9.17) is 4.74 Å². The van der Waals surface area contributed by atoms with Crippen molar-refractivity contribution in [2.24, 2.45) is 0 Å². The van der Waals surface area contributed by atoms with Gasteiger partial charge in [-0.2, -0.15) is 0 Å². The van der Waals surface area contributed by atoms with Gasteiger partial charge in [0.2, 0.25) is 0 Å². The molecule has 0 N–H and O–H groups in total. The SMILES string of the molecule is [CH2]C(=O)OCCC(C)OCC. The topological polar surface area (TPSA) is 35.5 Å². The first kappa shape index (κ1) is 10.4. The maximum atomic E-state index is 10.2. The number of ether oxygens (including phenoxy) is 2. The van der Waals surface area contributed by atoms with E-state index in [9.17, 15) is 4.79 Å². The number of hydrogen-bond acceptors (Lipinski definition) is 3. The monoisotopic (exact) mass is 159 g/mol. The zero-order chi connectivity index (χ0) is 8.69. The molecule has 0 aliphatic rings. The average molecular weight is 159 g/mol. The molecule has 1 atom stereocenters. The molecule has 3 nitrogen and oxygen atoms in total. The Kier molecular flexibility index (Phi) is 5.84. The number of hydrogen-bond donors (Lipinski definition) is 0. The summed E-state index contributed by atoms with van der Waals surface area (Å²) in [5.41, 5.74) is 0. The molecule has 0 heterocycles. The molecule has 0 rings (SSSR count). The lowest BCUT2D eigenvalue weighted by molar-refractivity contribution is -0.138. The van der Waals surface area contributed by atoms with Gasteiger partial charge in [0, 0.05) is 13.0 Å². The van der Waals surface area contributed by atoms with Crippen LogP contribution in [0.1, 0.15) is 20.3 Å². The highest BCUT2D eigenvalue weighted by atomic mass is 16.5. The minimum atomic E-state index is -0.478. The number of carbonyl (C=O) groups is 1. The molecule has 0 aromatic heterocycles. The van der Waals surface area contributed by atoms with Crippen molar-refractivity contribution in [3.63, 3.8) is 0 Å². The van der Waals surface area contributed by atoms with Crippen molar-refractivity contribution in [3.8, 4) is 0 Å². The zero-order valence-corrected chi connectivity index (χ0v) is 7.13. The van der Waals surface area contributed by atoms with Crippen LogP contribution < -0.4 is 0 Å². The first-order valence-electron chi connectivity index (χ1n) is 3.77. The molecule has 0 aromatic carbocycles. The van der Waals surface area contributed by atoms with Crippen molar-refractivity contribution in [3.05, 3.63) is 6.92 Å². The summed E-state index contributed by atoms with van der Waals surface area (Å²) >= 11 is 0. The van der Waals surface area contributed by atoms with Gasteiger partial charge in [0.25, 0.3) is 0 Å². The molecule has 65 valence electrons. The van der Waals surface area contributed by atoms with Gasteiger partial charge in [-0.25, -0.2) is 0 Å². The van der Waals surface area contributed by atoms with E-state index in [1.54, 1.807) is 0 Å². The van der Waals surface area contributed by atoms with E-state index in [2.05, 4.69) is 11.7 Å². The van der Waals surface area contributed by atoms with Crippen LogP contribution in [0.4, 0.5) is 0 Å². The molecular weight excluding hydrogens is 144 g/mol. The van der Waals surface area contributed by atoms with E-state index < -0.39 is 5.97 Å². The minimum absolute atomic E-state index is 0.152. The minimum Gasteiger partial charge on any atom is -0.466 e. The Hall–Kier alpha value is -0.570. The van der Waals surface area contributed by atoms with E-state index in [1.165, 1.54) is 0 Å². The van der Waals surface area contributed by atoms with Crippen molar-refractivity contribution in [2.45, 2.75) is 26.4 Å². The van der Waals surface area contributed by atoms with Gasteiger partial charge in [0.05, 0.1) is 19.6 Å². The maximum Gasteiger partial charge on any atom is 0.306 e. The highest BCUT2D eigenvalue weighted by Gasteiger charge is 2.01. The Morgan fingerprint density at radius 2 is 2.27 bits per heavy atom. The third-order valence-electron chi connectivity index (χ3n) is 1.24. The summed E-state index contributed by atoms with van der Waals surface area (Å²) in [6.07, 6.45) is 0.883. The summed E-state index contributed by atoms with van der Waals surface area (Å²) in [5.74, 6) is -0.478. The number of rotatable bonds is 5. The molecule has 0 spiro atoms. The van der Waals surface area contributed by atoms with E-state index in [-0.39, 0.29) is 6.10 Å². The fourth-order valence-corrected chi connectivity index (χ4v) is 0.707. The Balaban J connectivity index is 3.16. The standard InChI is InChI=1S/C8H15O3/c1-4-10-7(2)5-6-11-8(3)9/h7H,3-6H2,1-2H3. The lowest BCUT2D eigenvalue weighted by Crippen LogP contribution is -2.12. The highest BCUT2D eigenvalue weighted by molar-refractivity contribution is 5.73. The largest absolute Gasteiger partial charge is 0.466 e. The fraction of sp³-hybridized carbons (Fsp3) is 0.750. The summed E-state index contributed by atoms with van der Waals surface area (Å²) in [4.78, 5) is 10.2. The first-order valence-corrected chi connectivity index (χ1v) is 3.77.